The molecule has 2 N–H and O–H groups in total. The average molecular weight is 374 g/mol. The van der Waals surface area contributed by atoms with Crippen LogP contribution in [0.25, 0.3) is 0 Å². The van der Waals surface area contributed by atoms with E-state index in [0.717, 1.165) is 30.5 Å². The second-order valence-electron chi connectivity index (χ2n) is 7.02. The second-order valence-corrected chi connectivity index (χ2v) is 7.02. The highest BCUT2D eigenvalue weighted by Gasteiger charge is 2.23. The summed E-state index contributed by atoms with van der Waals surface area (Å²) in [6.07, 6.45) is 5.12. The molecule has 0 aliphatic heterocycles. The molecule has 2 aromatic carbocycles. The average Bonchev–Trinajstić information content (AvgIpc) is 3.40. The lowest BCUT2D eigenvalue weighted by molar-refractivity contribution is -0.118. The molecule has 2 amide bonds. The summed E-state index contributed by atoms with van der Waals surface area (Å²) in [5, 5.41) is 5.75. The predicted octanol–water partition coefficient (Wildman–Crippen LogP) is 3.75. The van der Waals surface area contributed by atoms with Gasteiger partial charge < -0.3 is 15.1 Å². The summed E-state index contributed by atoms with van der Waals surface area (Å²) in [4.78, 5) is 25.4. The molecule has 3 aromatic rings. The summed E-state index contributed by atoms with van der Waals surface area (Å²) in [5.41, 5.74) is 4.37. The number of fused-ring (bicyclic) bond motifs is 1. The van der Waals surface area contributed by atoms with Crippen molar-refractivity contribution in [3.05, 3.63) is 89.4 Å². The summed E-state index contributed by atoms with van der Waals surface area (Å²) in [6, 6.07) is 18.2. The van der Waals surface area contributed by atoms with Crippen LogP contribution >= 0.6 is 0 Å². The molecule has 0 spiro atoms. The first kappa shape index (κ1) is 18.0. The number of hydrogen-bond acceptors (Lipinski definition) is 3. The number of nitrogens with one attached hydrogen (secondary N) is 2. The van der Waals surface area contributed by atoms with Crippen LogP contribution in [0.1, 0.15) is 33.7 Å². The summed E-state index contributed by atoms with van der Waals surface area (Å²) in [6.45, 7) is 0. The third kappa shape index (κ3) is 4.14. The van der Waals surface area contributed by atoms with Crippen LogP contribution in [0.5, 0.6) is 0 Å². The summed E-state index contributed by atoms with van der Waals surface area (Å²) in [7, 11) is 0. The van der Waals surface area contributed by atoms with Crippen molar-refractivity contribution in [3.63, 3.8) is 0 Å². The molecule has 142 valence electrons. The van der Waals surface area contributed by atoms with Gasteiger partial charge in [-0.3, -0.25) is 9.59 Å². The van der Waals surface area contributed by atoms with Crippen LogP contribution in [0.15, 0.2) is 71.3 Å². The summed E-state index contributed by atoms with van der Waals surface area (Å²) in [5.74, 6) is -0.472. The predicted molar refractivity (Wildman–Crippen MR) is 107 cm³/mol. The van der Waals surface area contributed by atoms with Crippen LogP contribution in [0, 0.1) is 0 Å². The molecule has 5 nitrogen and oxygen atoms in total. The number of furan rings is 1. The van der Waals surface area contributed by atoms with Crippen molar-refractivity contribution in [2.24, 2.45) is 0 Å². The molecule has 0 radical (unpaired) electrons. The lowest BCUT2D eigenvalue weighted by atomic mass is 10.0. The minimum Gasteiger partial charge on any atom is -0.459 e. The lowest BCUT2D eigenvalue weighted by Crippen LogP contribution is -2.45. The van der Waals surface area contributed by atoms with E-state index in [4.69, 9.17) is 4.42 Å². The van der Waals surface area contributed by atoms with E-state index in [1.165, 1.54) is 17.4 Å². The molecular weight excluding hydrogens is 352 g/mol. The van der Waals surface area contributed by atoms with Gasteiger partial charge in [0.2, 0.25) is 5.91 Å². The standard InChI is InChI=1S/C23H22N2O3/c26-22(24-19-12-11-17-8-4-9-18(17)15-19)20(14-16-6-2-1-3-7-16)25-23(27)21-10-5-13-28-21/h1-3,5-7,10-13,15,20H,4,8-9,14H2,(H,24,26)(H,25,27). The molecule has 0 fully saturated rings. The second kappa shape index (κ2) is 8.13. The van der Waals surface area contributed by atoms with E-state index in [9.17, 15) is 9.59 Å². The van der Waals surface area contributed by atoms with E-state index in [-0.39, 0.29) is 11.7 Å². The van der Waals surface area contributed by atoms with Crippen LogP contribution < -0.4 is 10.6 Å². The maximum absolute atomic E-state index is 13.0. The Morgan fingerprint density at radius 2 is 1.79 bits per heavy atom. The van der Waals surface area contributed by atoms with E-state index in [1.807, 2.05) is 42.5 Å². The Bertz CT molecular complexity index is 965. The fourth-order valence-electron chi connectivity index (χ4n) is 3.58. The third-order valence-electron chi connectivity index (χ3n) is 5.02. The van der Waals surface area contributed by atoms with Crippen molar-refractivity contribution in [1.29, 1.82) is 0 Å². The van der Waals surface area contributed by atoms with E-state index >= 15 is 0 Å². The molecule has 4 rings (SSSR count). The Hall–Kier alpha value is -3.34. The van der Waals surface area contributed by atoms with Crippen molar-refractivity contribution in [1.82, 2.24) is 5.32 Å². The van der Waals surface area contributed by atoms with E-state index < -0.39 is 11.9 Å². The van der Waals surface area contributed by atoms with Gasteiger partial charge in [-0.1, -0.05) is 36.4 Å². The smallest absolute Gasteiger partial charge is 0.287 e. The van der Waals surface area contributed by atoms with Gasteiger partial charge in [-0.05, 0) is 60.2 Å². The highest BCUT2D eigenvalue weighted by Crippen LogP contribution is 2.25. The number of benzene rings is 2. The molecule has 1 aliphatic rings. The largest absolute Gasteiger partial charge is 0.459 e. The van der Waals surface area contributed by atoms with E-state index in [1.54, 1.807) is 12.1 Å². The number of carbonyl (C=O) groups is 2. The van der Waals surface area contributed by atoms with Crippen molar-refractivity contribution < 1.29 is 14.0 Å². The molecule has 1 heterocycles. The molecule has 28 heavy (non-hydrogen) atoms. The number of hydrogen-bond donors (Lipinski definition) is 2. The quantitative estimate of drug-likeness (QED) is 0.690. The van der Waals surface area contributed by atoms with Crippen LogP contribution in [0.3, 0.4) is 0 Å². The van der Waals surface area contributed by atoms with E-state index in [2.05, 4.69) is 16.7 Å². The zero-order chi connectivity index (χ0) is 19.3. The van der Waals surface area contributed by atoms with Crippen molar-refractivity contribution in [3.8, 4) is 0 Å². The molecular formula is C23H22N2O3. The Morgan fingerprint density at radius 3 is 2.57 bits per heavy atom. The highest BCUT2D eigenvalue weighted by molar-refractivity contribution is 6.00. The van der Waals surface area contributed by atoms with Crippen LogP contribution in [0.4, 0.5) is 5.69 Å². The normalized spacial score (nSPS) is 13.6. The fraction of sp³-hybridized carbons (Fsp3) is 0.217. The Balaban J connectivity index is 1.51. The topological polar surface area (TPSA) is 71.3 Å². The number of carbonyl (C=O) groups excluding carboxylic acids is 2. The fourth-order valence-corrected chi connectivity index (χ4v) is 3.58. The molecule has 0 bridgehead atoms. The maximum atomic E-state index is 13.0. The minimum absolute atomic E-state index is 0.184. The van der Waals surface area contributed by atoms with Gasteiger partial charge in [0, 0.05) is 12.1 Å². The van der Waals surface area contributed by atoms with Crippen LogP contribution in [0.2, 0.25) is 0 Å². The van der Waals surface area contributed by atoms with E-state index in [0.29, 0.717) is 6.42 Å². The van der Waals surface area contributed by atoms with Gasteiger partial charge in [0.25, 0.3) is 5.91 Å². The molecule has 1 aromatic heterocycles. The molecule has 1 unspecified atom stereocenters. The Morgan fingerprint density at radius 1 is 0.964 bits per heavy atom. The summed E-state index contributed by atoms with van der Waals surface area (Å²) >= 11 is 0. The molecule has 0 saturated carbocycles. The SMILES string of the molecule is O=C(NC(Cc1ccccc1)C(=O)Nc1ccc2c(c1)CCC2)c1ccco1. The number of aryl methyl sites for hydroxylation is 2. The first-order valence-electron chi connectivity index (χ1n) is 9.50. The zero-order valence-electron chi connectivity index (χ0n) is 15.5. The molecule has 1 atom stereocenters. The van der Waals surface area contributed by atoms with Gasteiger partial charge in [-0.15, -0.1) is 0 Å². The zero-order valence-corrected chi connectivity index (χ0v) is 15.5. The number of anilines is 1. The van der Waals surface area contributed by atoms with Gasteiger partial charge >= 0.3 is 0 Å². The summed E-state index contributed by atoms with van der Waals surface area (Å²) < 4.78 is 5.15. The van der Waals surface area contributed by atoms with Gasteiger partial charge in [0.05, 0.1) is 6.26 Å². The van der Waals surface area contributed by atoms with Crippen LogP contribution in [-0.4, -0.2) is 17.9 Å². The van der Waals surface area contributed by atoms with Gasteiger partial charge in [-0.25, -0.2) is 0 Å². The first-order chi connectivity index (χ1) is 13.7. The monoisotopic (exact) mass is 374 g/mol. The molecule has 0 saturated heterocycles. The Labute approximate surface area is 163 Å². The van der Waals surface area contributed by atoms with Gasteiger partial charge in [0.1, 0.15) is 6.04 Å². The number of amides is 2. The third-order valence-corrected chi connectivity index (χ3v) is 5.02. The molecule has 1 aliphatic carbocycles. The van der Waals surface area contributed by atoms with Crippen molar-refractivity contribution in [2.75, 3.05) is 5.32 Å². The first-order valence-corrected chi connectivity index (χ1v) is 9.50. The highest BCUT2D eigenvalue weighted by atomic mass is 16.3. The Kier molecular flexibility index (Phi) is 5.24. The van der Waals surface area contributed by atoms with Crippen LogP contribution in [-0.2, 0) is 24.1 Å². The lowest BCUT2D eigenvalue weighted by Gasteiger charge is -2.18. The molecule has 5 heteroatoms. The minimum atomic E-state index is -0.715. The van der Waals surface area contributed by atoms with Crippen molar-refractivity contribution >= 4 is 17.5 Å². The van der Waals surface area contributed by atoms with Gasteiger partial charge in [-0.2, -0.15) is 0 Å². The maximum Gasteiger partial charge on any atom is 0.287 e. The van der Waals surface area contributed by atoms with Gasteiger partial charge in [0.15, 0.2) is 5.76 Å². The number of rotatable bonds is 6. The van der Waals surface area contributed by atoms with Crippen molar-refractivity contribution in [2.45, 2.75) is 31.7 Å².